The summed E-state index contributed by atoms with van der Waals surface area (Å²) in [7, 11) is 2.95. The summed E-state index contributed by atoms with van der Waals surface area (Å²) in [6.45, 7) is 7.45. The molecule has 0 saturated carbocycles. The molecule has 2 saturated heterocycles. The molecule has 4 atom stereocenters. The van der Waals surface area contributed by atoms with Crippen molar-refractivity contribution in [2.75, 3.05) is 60.1 Å². The predicted octanol–water partition coefficient (Wildman–Crippen LogP) is 2.87. The second-order valence-corrected chi connectivity index (χ2v) is 14.6. The predicted molar refractivity (Wildman–Crippen MR) is 194 cm³/mol. The van der Waals surface area contributed by atoms with Gasteiger partial charge in [-0.05, 0) is 55.4 Å². The van der Waals surface area contributed by atoms with Gasteiger partial charge in [0.25, 0.3) is 0 Å². The molecule has 54 heavy (non-hydrogen) atoms. The third-order valence-corrected chi connectivity index (χ3v) is 9.92. The van der Waals surface area contributed by atoms with E-state index in [2.05, 4.69) is 10.6 Å². The van der Waals surface area contributed by atoms with E-state index >= 15 is 0 Å². The molecule has 2 aliphatic heterocycles. The van der Waals surface area contributed by atoms with Gasteiger partial charge in [0.05, 0.1) is 38.5 Å². The maximum atomic E-state index is 14.3. The summed E-state index contributed by atoms with van der Waals surface area (Å²) in [4.78, 5) is 72.8. The molecule has 12 nitrogen and oxygen atoms in total. The molecule has 0 spiro atoms. The first-order valence-electron chi connectivity index (χ1n) is 18.3. The lowest BCUT2D eigenvalue weighted by Gasteiger charge is -2.34. The zero-order valence-corrected chi connectivity index (χ0v) is 31.6. The molecule has 0 unspecified atom stereocenters. The first-order valence-corrected chi connectivity index (χ1v) is 18.3. The number of likely N-dealkylation sites (N-methyl/N-ethyl adjacent to an activating group) is 2. The van der Waals surface area contributed by atoms with Crippen molar-refractivity contribution in [1.29, 1.82) is 0 Å². The van der Waals surface area contributed by atoms with Crippen molar-refractivity contribution in [2.24, 2.45) is 5.92 Å². The molecule has 4 amide bonds. The number of alkyl halides is 3. The molecule has 2 N–H and O–H groups in total. The Labute approximate surface area is 314 Å². The molecule has 0 aliphatic carbocycles. The van der Waals surface area contributed by atoms with Gasteiger partial charge in [0.2, 0.25) is 23.6 Å². The number of ether oxygens (including phenoxy) is 2. The molecule has 15 heteroatoms. The Morgan fingerprint density at radius 1 is 0.889 bits per heavy atom. The van der Waals surface area contributed by atoms with Crippen LogP contribution in [0.2, 0.25) is 0 Å². The van der Waals surface area contributed by atoms with Crippen molar-refractivity contribution in [3.8, 4) is 0 Å². The van der Waals surface area contributed by atoms with Crippen LogP contribution in [0.25, 0.3) is 0 Å². The highest BCUT2D eigenvalue weighted by molar-refractivity contribution is 5.97. The minimum absolute atomic E-state index is 0.0878. The Balaban J connectivity index is 1.56. The van der Waals surface area contributed by atoms with Crippen LogP contribution in [-0.4, -0.2) is 128 Å². The van der Waals surface area contributed by atoms with E-state index in [1.807, 2.05) is 49.1 Å². The fraction of sp³-hybridized carbons (Fsp3) is 0.564. The van der Waals surface area contributed by atoms with Gasteiger partial charge in [0.15, 0.2) is 5.78 Å². The van der Waals surface area contributed by atoms with Crippen LogP contribution in [0, 0.1) is 5.92 Å². The van der Waals surface area contributed by atoms with Gasteiger partial charge in [-0.3, -0.25) is 28.9 Å². The van der Waals surface area contributed by atoms with Crippen molar-refractivity contribution in [3.63, 3.8) is 0 Å². The lowest BCUT2D eigenvalue weighted by molar-refractivity contribution is -0.144. The summed E-state index contributed by atoms with van der Waals surface area (Å²) >= 11 is 0. The summed E-state index contributed by atoms with van der Waals surface area (Å²) in [5, 5.41) is 5.45. The fourth-order valence-electron chi connectivity index (χ4n) is 6.24. The van der Waals surface area contributed by atoms with E-state index in [9.17, 15) is 37.1 Å². The average Bonchev–Trinajstić information content (AvgIpc) is 3.90. The van der Waals surface area contributed by atoms with Crippen LogP contribution in [0.3, 0.4) is 0 Å². The Morgan fingerprint density at radius 2 is 1.52 bits per heavy atom. The molecule has 0 radical (unpaired) electrons. The van der Waals surface area contributed by atoms with Crippen molar-refractivity contribution in [1.82, 2.24) is 25.3 Å². The number of benzene rings is 2. The highest BCUT2D eigenvalue weighted by Crippen LogP contribution is 2.30. The van der Waals surface area contributed by atoms with Crippen molar-refractivity contribution >= 4 is 29.4 Å². The first-order chi connectivity index (χ1) is 25.5. The SMILES string of the molecule is CC(C)C[C@H](NC(=O)[C@H](CCc1ccccc1)N(C)C(=O)CN1CCOCC1)C(=O)N(C)[C@@H](Cc1ccc(C(F)(F)F)cc1)C(=O)NCC(=O)[C@@]1(C)CO1. The van der Waals surface area contributed by atoms with E-state index < -0.39 is 53.2 Å². The van der Waals surface area contributed by atoms with E-state index in [1.165, 1.54) is 24.1 Å². The molecular weight excluding hydrogens is 707 g/mol. The van der Waals surface area contributed by atoms with Crippen LogP contribution >= 0.6 is 0 Å². The Bertz CT molecular complexity index is 1600. The smallest absolute Gasteiger partial charge is 0.379 e. The molecule has 2 aromatic rings. The van der Waals surface area contributed by atoms with Gasteiger partial charge >= 0.3 is 6.18 Å². The third kappa shape index (κ3) is 12.1. The van der Waals surface area contributed by atoms with Crippen LogP contribution in [0.4, 0.5) is 13.2 Å². The van der Waals surface area contributed by atoms with Gasteiger partial charge in [-0.15, -0.1) is 0 Å². The number of hydrogen-bond donors (Lipinski definition) is 2. The molecule has 296 valence electrons. The lowest BCUT2D eigenvalue weighted by Crippen LogP contribution is -2.58. The maximum Gasteiger partial charge on any atom is 0.416 e. The van der Waals surface area contributed by atoms with Crippen LogP contribution in [0.15, 0.2) is 54.6 Å². The quantitative estimate of drug-likeness (QED) is 0.221. The number of carbonyl (C=O) groups excluding carboxylic acids is 5. The van der Waals surface area contributed by atoms with Crippen molar-refractivity contribution < 1.29 is 46.6 Å². The van der Waals surface area contributed by atoms with E-state index in [0.29, 0.717) is 38.3 Å². The molecule has 2 fully saturated rings. The molecule has 0 bridgehead atoms. The van der Waals surface area contributed by atoms with Crippen LogP contribution in [0.5, 0.6) is 0 Å². The van der Waals surface area contributed by atoms with E-state index in [1.54, 1.807) is 14.0 Å². The number of amides is 4. The summed E-state index contributed by atoms with van der Waals surface area (Å²) in [5.41, 5.74) is -0.553. The monoisotopic (exact) mass is 759 g/mol. The van der Waals surface area contributed by atoms with Crippen molar-refractivity contribution in [2.45, 2.75) is 76.4 Å². The minimum atomic E-state index is -4.56. The number of Topliss-reactive ketones (excluding diaryl/α,β-unsaturated/α-hetero) is 1. The maximum absolute atomic E-state index is 14.3. The summed E-state index contributed by atoms with van der Waals surface area (Å²) < 4.78 is 50.4. The first kappa shape index (κ1) is 42.4. The second-order valence-electron chi connectivity index (χ2n) is 14.6. The normalized spacial score (nSPS) is 19.0. The number of halogens is 3. The molecule has 4 rings (SSSR count). The standard InChI is InChI=1S/C39H52F3N5O7/c1-26(2)21-30(44-36(51)31(16-13-27-9-7-6-8-10-27)45(4)34(49)24-47-17-19-53-20-18-47)37(52)46(5)32(35(50)43-23-33(48)38(3)25-54-38)22-28-11-14-29(15-12-28)39(40,41)42/h6-12,14-15,26,30-32H,13,16-25H2,1-5H3,(H,43,50)(H,44,51)/t30-,31-,32-,38+/m0/s1. The third-order valence-electron chi connectivity index (χ3n) is 9.92. The number of rotatable bonds is 18. The Morgan fingerprint density at radius 3 is 2.09 bits per heavy atom. The highest BCUT2D eigenvalue weighted by Gasteiger charge is 2.47. The van der Waals surface area contributed by atoms with E-state index in [4.69, 9.17) is 9.47 Å². The largest absolute Gasteiger partial charge is 0.416 e. The summed E-state index contributed by atoms with van der Waals surface area (Å²) in [6.07, 6.45) is -3.79. The number of ketones is 1. The zero-order chi connectivity index (χ0) is 39.6. The minimum Gasteiger partial charge on any atom is -0.379 e. The number of morpholine rings is 1. The molecule has 2 aliphatic rings. The lowest BCUT2D eigenvalue weighted by atomic mass is 9.98. The van der Waals surface area contributed by atoms with Crippen molar-refractivity contribution in [3.05, 3.63) is 71.3 Å². The topological polar surface area (TPSA) is 141 Å². The van der Waals surface area contributed by atoms with Crippen LogP contribution < -0.4 is 10.6 Å². The molecular formula is C39H52F3N5O7. The zero-order valence-electron chi connectivity index (χ0n) is 31.6. The number of hydrogen-bond acceptors (Lipinski definition) is 8. The number of aryl methyl sites for hydroxylation is 1. The van der Waals surface area contributed by atoms with Gasteiger partial charge < -0.3 is 29.9 Å². The molecule has 2 aromatic carbocycles. The van der Waals surface area contributed by atoms with Gasteiger partial charge in [-0.2, -0.15) is 13.2 Å². The molecule has 0 aromatic heterocycles. The van der Waals surface area contributed by atoms with Crippen LogP contribution in [0.1, 0.15) is 50.3 Å². The number of epoxide rings is 1. The van der Waals surface area contributed by atoms with E-state index in [0.717, 1.165) is 22.6 Å². The summed E-state index contributed by atoms with van der Waals surface area (Å²) in [5.74, 6) is -2.57. The number of nitrogens with zero attached hydrogens (tertiary/aromatic N) is 3. The summed E-state index contributed by atoms with van der Waals surface area (Å²) in [6, 6.07) is 10.5. The van der Waals surface area contributed by atoms with Gasteiger partial charge in [-0.1, -0.05) is 56.3 Å². The average molecular weight is 760 g/mol. The Hall–Kier alpha value is -4.34. The number of nitrogens with one attached hydrogen (secondary N) is 2. The Kier molecular flexibility index (Phi) is 14.8. The number of carbonyl (C=O) groups is 5. The van der Waals surface area contributed by atoms with Gasteiger partial charge in [-0.25, -0.2) is 0 Å². The van der Waals surface area contributed by atoms with Gasteiger partial charge in [0.1, 0.15) is 23.7 Å². The van der Waals surface area contributed by atoms with Crippen LogP contribution in [-0.2, 0) is 52.5 Å². The molecule has 2 heterocycles. The van der Waals surface area contributed by atoms with Gasteiger partial charge in [0, 0.05) is 33.6 Å². The highest BCUT2D eigenvalue weighted by atomic mass is 19.4. The van der Waals surface area contributed by atoms with E-state index in [-0.39, 0.29) is 56.6 Å². The fourth-order valence-corrected chi connectivity index (χ4v) is 6.24. The second kappa shape index (κ2) is 18.8.